The zero-order valence-electron chi connectivity index (χ0n) is 16.9. The summed E-state index contributed by atoms with van der Waals surface area (Å²) >= 11 is 1.61. The van der Waals surface area contributed by atoms with E-state index in [-0.39, 0.29) is 18.3 Å². The summed E-state index contributed by atoms with van der Waals surface area (Å²) in [7, 11) is 0. The van der Waals surface area contributed by atoms with Crippen LogP contribution in [0.5, 0.6) is 5.75 Å². The molecule has 0 N–H and O–H groups in total. The number of benzene rings is 2. The van der Waals surface area contributed by atoms with Crippen molar-refractivity contribution in [3.8, 4) is 17.0 Å². The van der Waals surface area contributed by atoms with Crippen LogP contribution in [0.4, 0.5) is 4.39 Å². The zero-order chi connectivity index (χ0) is 20.9. The third-order valence-electron chi connectivity index (χ3n) is 5.13. The molecule has 1 fully saturated rings. The average Bonchev–Trinajstić information content (AvgIpc) is 3.21. The van der Waals surface area contributed by atoms with E-state index in [9.17, 15) is 9.18 Å². The Kier molecular flexibility index (Phi) is 6.40. The normalized spacial score (nSPS) is 14.7. The van der Waals surface area contributed by atoms with Crippen LogP contribution in [0.1, 0.15) is 10.6 Å². The van der Waals surface area contributed by atoms with E-state index in [1.165, 1.54) is 12.1 Å². The molecule has 0 bridgehead atoms. The van der Waals surface area contributed by atoms with E-state index in [1.807, 2.05) is 41.5 Å². The Morgan fingerprint density at radius 3 is 2.63 bits per heavy atom. The van der Waals surface area contributed by atoms with E-state index in [2.05, 4.69) is 9.88 Å². The molecule has 4 rings (SSSR count). The number of rotatable bonds is 6. The standard InChI is InChI=1S/C23H24FN3O2S/c1-17-3-2-4-20(13-17)29-15-23(28)27-11-9-26(10-12-27)14-22-25-21(16-30-22)18-5-7-19(24)8-6-18/h2-8,13,16H,9-12,14-15H2,1H3. The van der Waals surface area contributed by atoms with Gasteiger partial charge in [-0.1, -0.05) is 12.1 Å². The maximum Gasteiger partial charge on any atom is 0.260 e. The fraction of sp³-hybridized carbons (Fsp3) is 0.304. The molecule has 1 aliphatic rings. The fourth-order valence-corrected chi connectivity index (χ4v) is 4.27. The SMILES string of the molecule is Cc1cccc(OCC(=O)N2CCN(Cc3nc(-c4ccc(F)cc4)cs3)CC2)c1. The molecule has 3 aromatic rings. The van der Waals surface area contributed by atoms with Crippen LogP contribution in [0.2, 0.25) is 0 Å². The van der Waals surface area contributed by atoms with E-state index in [4.69, 9.17) is 4.74 Å². The monoisotopic (exact) mass is 425 g/mol. The van der Waals surface area contributed by atoms with Crippen LogP contribution in [0.15, 0.2) is 53.9 Å². The summed E-state index contributed by atoms with van der Waals surface area (Å²) in [6.45, 7) is 5.81. The molecule has 0 atom stereocenters. The van der Waals surface area contributed by atoms with Crippen LogP contribution in [-0.2, 0) is 11.3 Å². The second kappa shape index (κ2) is 9.36. The Labute approximate surface area is 179 Å². The molecule has 7 heteroatoms. The van der Waals surface area contributed by atoms with Gasteiger partial charge in [0.1, 0.15) is 16.6 Å². The quantitative estimate of drug-likeness (QED) is 0.599. The number of hydrogen-bond acceptors (Lipinski definition) is 5. The lowest BCUT2D eigenvalue weighted by Gasteiger charge is -2.34. The Bertz CT molecular complexity index is 998. The average molecular weight is 426 g/mol. The first kappa shape index (κ1) is 20.5. The Morgan fingerprint density at radius 2 is 1.90 bits per heavy atom. The molecule has 0 aliphatic carbocycles. The van der Waals surface area contributed by atoms with Crippen LogP contribution in [0.3, 0.4) is 0 Å². The Balaban J connectivity index is 1.24. The van der Waals surface area contributed by atoms with Gasteiger partial charge in [-0.05, 0) is 48.9 Å². The maximum absolute atomic E-state index is 13.1. The van der Waals surface area contributed by atoms with Gasteiger partial charge in [0, 0.05) is 37.1 Å². The highest BCUT2D eigenvalue weighted by atomic mass is 32.1. The number of nitrogens with zero attached hydrogens (tertiary/aromatic N) is 3. The van der Waals surface area contributed by atoms with Gasteiger partial charge in [-0.2, -0.15) is 0 Å². The van der Waals surface area contributed by atoms with Crippen LogP contribution >= 0.6 is 11.3 Å². The number of thiazole rings is 1. The maximum atomic E-state index is 13.1. The van der Waals surface area contributed by atoms with Crippen LogP contribution in [0.25, 0.3) is 11.3 Å². The second-order valence-corrected chi connectivity index (χ2v) is 8.34. The lowest BCUT2D eigenvalue weighted by atomic mass is 10.2. The highest BCUT2D eigenvalue weighted by Crippen LogP contribution is 2.23. The molecule has 1 aliphatic heterocycles. The van der Waals surface area contributed by atoms with Gasteiger partial charge in [-0.25, -0.2) is 9.37 Å². The minimum atomic E-state index is -0.245. The molecule has 156 valence electrons. The number of aromatic nitrogens is 1. The molecular formula is C23H24FN3O2S. The summed E-state index contributed by atoms with van der Waals surface area (Å²) in [6.07, 6.45) is 0. The summed E-state index contributed by atoms with van der Waals surface area (Å²) in [5, 5.41) is 3.03. The van der Waals surface area contributed by atoms with Crippen molar-refractivity contribution in [2.75, 3.05) is 32.8 Å². The van der Waals surface area contributed by atoms with Gasteiger partial charge in [0.25, 0.3) is 5.91 Å². The zero-order valence-corrected chi connectivity index (χ0v) is 17.7. The molecule has 2 aromatic carbocycles. The number of halogens is 1. The molecule has 0 spiro atoms. The van der Waals surface area contributed by atoms with Crippen molar-refractivity contribution < 1.29 is 13.9 Å². The molecule has 0 unspecified atom stereocenters. The van der Waals surface area contributed by atoms with Gasteiger partial charge >= 0.3 is 0 Å². The van der Waals surface area contributed by atoms with E-state index in [0.29, 0.717) is 13.1 Å². The topological polar surface area (TPSA) is 45.7 Å². The van der Waals surface area contributed by atoms with E-state index in [0.717, 1.165) is 47.2 Å². The first-order chi connectivity index (χ1) is 14.6. The number of aryl methyl sites for hydroxylation is 1. The molecule has 0 saturated carbocycles. The highest BCUT2D eigenvalue weighted by molar-refractivity contribution is 7.09. The van der Waals surface area contributed by atoms with Gasteiger partial charge in [-0.3, -0.25) is 9.69 Å². The number of carbonyl (C=O) groups is 1. The largest absolute Gasteiger partial charge is 0.484 e. The van der Waals surface area contributed by atoms with Crippen molar-refractivity contribution in [3.05, 3.63) is 70.3 Å². The first-order valence-corrected chi connectivity index (χ1v) is 10.8. The molecule has 30 heavy (non-hydrogen) atoms. The third kappa shape index (κ3) is 5.23. The first-order valence-electron chi connectivity index (χ1n) is 9.97. The smallest absolute Gasteiger partial charge is 0.260 e. The lowest BCUT2D eigenvalue weighted by molar-refractivity contribution is -0.135. The molecule has 1 saturated heterocycles. The highest BCUT2D eigenvalue weighted by Gasteiger charge is 2.22. The number of amides is 1. The van der Waals surface area contributed by atoms with Crippen LogP contribution < -0.4 is 4.74 Å². The van der Waals surface area contributed by atoms with Gasteiger partial charge in [0.05, 0.1) is 12.2 Å². The minimum Gasteiger partial charge on any atom is -0.484 e. The van der Waals surface area contributed by atoms with Crippen molar-refractivity contribution in [1.29, 1.82) is 0 Å². The van der Waals surface area contributed by atoms with Gasteiger partial charge in [0.15, 0.2) is 6.61 Å². The van der Waals surface area contributed by atoms with Crippen molar-refractivity contribution in [3.63, 3.8) is 0 Å². The summed E-state index contributed by atoms with van der Waals surface area (Å²) in [6, 6.07) is 14.1. The van der Waals surface area contributed by atoms with E-state index in [1.54, 1.807) is 23.5 Å². The fourth-order valence-electron chi connectivity index (χ4n) is 3.42. The van der Waals surface area contributed by atoms with Gasteiger partial charge in [0.2, 0.25) is 0 Å². The van der Waals surface area contributed by atoms with Gasteiger partial charge in [-0.15, -0.1) is 11.3 Å². The predicted octanol–water partition coefficient (Wildman–Crippen LogP) is 3.98. The Hall–Kier alpha value is -2.77. The second-order valence-electron chi connectivity index (χ2n) is 7.40. The van der Waals surface area contributed by atoms with E-state index < -0.39 is 0 Å². The third-order valence-corrected chi connectivity index (χ3v) is 5.96. The van der Waals surface area contributed by atoms with Crippen molar-refractivity contribution in [2.24, 2.45) is 0 Å². The number of ether oxygens (including phenoxy) is 1. The molecule has 0 radical (unpaired) electrons. The summed E-state index contributed by atoms with van der Waals surface area (Å²) in [5.41, 5.74) is 2.90. The van der Waals surface area contributed by atoms with E-state index >= 15 is 0 Å². The van der Waals surface area contributed by atoms with Crippen LogP contribution in [-0.4, -0.2) is 53.5 Å². The summed E-state index contributed by atoms with van der Waals surface area (Å²) in [5.74, 6) is 0.498. The van der Waals surface area contributed by atoms with Crippen molar-refractivity contribution in [2.45, 2.75) is 13.5 Å². The molecule has 1 amide bonds. The molecule has 5 nitrogen and oxygen atoms in total. The number of carbonyl (C=O) groups excluding carboxylic acids is 1. The minimum absolute atomic E-state index is 0.0176. The lowest BCUT2D eigenvalue weighted by Crippen LogP contribution is -2.49. The number of piperazine rings is 1. The summed E-state index contributed by atoms with van der Waals surface area (Å²) in [4.78, 5) is 21.3. The van der Waals surface area contributed by atoms with Crippen molar-refractivity contribution in [1.82, 2.24) is 14.8 Å². The molecule has 2 heterocycles. The number of hydrogen-bond donors (Lipinski definition) is 0. The molecular weight excluding hydrogens is 401 g/mol. The predicted molar refractivity (Wildman–Crippen MR) is 116 cm³/mol. The molecule has 1 aromatic heterocycles. The van der Waals surface area contributed by atoms with Crippen molar-refractivity contribution >= 4 is 17.2 Å². The Morgan fingerprint density at radius 1 is 1.13 bits per heavy atom. The summed E-state index contributed by atoms with van der Waals surface area (Å²) < 4.78 is 18.7. The van der Waals surface area contributed by atoms with Crippen LogP contribution in [0, 0.1) is 12.7 Å². The van der Waals surface area contributed by atoms with Gasteiger partial charge < -0.3 is 9.64 Å².